The molecule has 1 aliphatic rings. The number of methoxy groups -OCH3 is 1. The first-order chi connectivity index (χ1) is 14.4. The number of thiol groups is 1. The van der Waals surface area contributed by atoms with Gasteiger partial charge in [0.25, 0.3) is 0 Å². The third-order valence-electron chi connectivity index (χ3n) is 4.89. The predicted octanol–water partition coefficient (Wildman–Crippen LogP) is 2.05. The minimum absolute atomic E-state index is 0.0703. The Morgan fingerprint density at radius 2 is 1.87 bits per heavy atom. The van der Waals surface area contributed by atoms with Crippen LogP contribution in [0.2, 0.25) is 0 Å². The van der Waals surface area contributed by atoms with Gasteiger partial charge in [0.2, 0.25) is 11.8 Å². The van der Waals surface area contributed by atoms with Crippen LogP contribution in [-0.4, -0.2) is 45.9 Å². The molecule has 1 aromatic heterocycles. The molecule has 1 N–H and O–H groups in total. The fraction of sp³-hybridized carbons (Fsp3) is 0.350. The van der Waals surface area contributed by atoms with Gasteiger partial charge in [-0.1, -0.05) is 13.0 Å². The normalized spacial score (nSPS) is 22.2. The Labute approximate surface area is 174 Å². The molecule has 30 heavy (non-hydrogen) atoms. The van der Waals surface area contributed by atoms with Crippen molar-refractivity contribution in [3.8, 4) is 5.88 Å². The van der Waals surface area contributed by atoms with E-state index in [0.29, 0.717) is 0 Å². The topological polar surface area (TPSA) is 98.2 Å². The predicted molar refractivity (Wildman–Crippen MR) is 107 cm³/mol. The Morgan fingerprint density at radius 3 is 2.43 bits per heavy atom. The molecule has 1 fully saturated rings. The summed E-state index contributed by atoms with van der Waals surface area (Å²) in [5.74, 6) is -3.46. The minimum Gasteiger partial charge on any atom is -0.480 e. The van der Waals surface area contributed by atoms with E-state index in [1.807, 2.05) is 0 Å². The van der Waals surface area contributed by atoms with Gasteiger partial charge >= 0.3 is 0 Å². The number of ether oxygens (including phenoxy) is 1. The van der Waals surface area contributed by atoms with Crippen LogP contribution in [-0.2, 0) is 20.1 Å². The standard InChI is InChI=1S/C20H21F2N3O4S/c1-3-16(26)23-9-15-19(27)18(14-7-8-17(29-2)25-24-14)20(28)30(15)10-11-12(21)5-4-6-13(11)22/h4-8,15,18,30H,3,9-10H2,1-2H3,(H,23,26). The number of nitrogens with zero attached hydrogens (tertiary/aromatic N) is 2. The zero-order chi connectivity index (χ0) is 21.8. The van der Waals surface area contributed by atoms with E-state index in [-0.39, 0.29) is 41.8 Å². The molecule has 3 rings (SSSR count). The molecular formula is C20H21F2N3O4S. The van der Waals surface area contributed by atoms with Gasteiger partial charge in [-0.3, -0.25) is 14.4 Å². The molecule has 0 aliphatic carbocycles. The van der Waals surface area contributed by atoms with E-state index >= 15 is 0 Å². The summed E-state index contributed by atoms with van der Waals surface area (Å²) in [7, 11) is -0.403. The van der Waals surface area contributed by atoms with Gasteiger partial charge in [0, 0.05) is 30.3 Å². The molecule has 1 amide bonds. The van der Waals surface area contributed by atoms with Crippen LogP contribution in [0.1, 0.15) is 30.5 Å². The monoisotopic (exact) mass is 437 g/mol. The van der Waals surface area contributed by atoms with Crippen LogP contribution >= 0.6 is 10.9 Å². The van der Waals surface area contributed by atoms with Crippen molar-refractivity contribution in [2.24, 2.45) is 0 Å². The van der Waals surface area contributed by atoms with Crippen LogP contribution in [0.3, 0.4) is 0 Å². The molecule has 2 aromatic rings. The first kappa shape index (κ1) is 21.8. The van der Waals surface area contributed by atoms with Crippen LogP contribution in [0.5, 0.6) is 5.88 Å². The number of aromatic nitrogens is 2. The van der Waals surface area contributed by atoms with Crippen molar-refractivity contribution in [2.45, 2.75) is 30.3 Å². The Bertz CT molecular complexity index is 951. The highest BCUT2D eigenvalue weighted by Gasteiger charge is 2.49. The number of carbonyl (C=O) groups excluding carboxylic acids is 3. The molecule has 2 heterocycles. The highest BCUT2D eigenvalue weighted by molar-refractivity contribution is 8.30. The quantitative estimate of drug-likeness (QED) is 0.508. The van der Waals surface area contributed by atoms with E-state index in [4.69, 9.17) is 4.74 Å². The highest BCUT2D eigenvalue weighted by Crippen LogP contribution is 2.50. The SMILES string of the molecule is CCC(=O)NCC1C(=O)C(c2ccc(OC)nn2)C(=O)[SH]1Cc1c(F)cccc1F. The third kappa shape index (κ3) is 4.33. The number of hydrogen-bond acceptors (Lipinski definition) is 6. The lowest BCUT2D eigenvalue weighted by Gasteiger charge is -2.22. The Hall–Kier alpha value is -2.88. The number of ketones is 1. The Kier molecular flexibility index (Phi) is 6.76. The van der Waals surface area contributed by atoms with Crippen LogP contribution in [0.25, 0.3) is 0 Å². The highest BCUT2D eigenvalue weighted by atomic mass is 32.2. The van der Waals surface area contributed by atoms with Crippen LogP contribution in [0.15, 0.2) is 30.3 Å². The van der Waals surface area contributed by atoms with Crippen LogP contribution in [0, 0.1) is 11.6 Å². The Morgan fingerprint density at radius 1 is 1.17 bits per heavy atom. The van der Waals surface area contributed by atoms with Crippen molar-refractivity contribution in [3.05, 3.63) is 53.2 Å². The van der Waals surface area contributed by atoms with Crippen molar-refractivity contribution < 1.29 is 27.9 Å². The van der Waals surface area contributed by atoms with Gasteiger partial charge in [-0.05, 0) is 18.2 Å². The van der Waals surface area contributed by atoms with Crippen LogP contribution in [0.4, 0.5) is 8.78 Å². The van der Waals surface area contributed by atoms with E-state index in [2.05, 4.69) is 15.5 Å². The van der Waals surface area contributed by atoms with Crippen molar-refractivity contribution in [3.63, 3.8) is 0 Å². The third-order valence-corrected chi connectivity index (χ3v) is 7.56. The van der Waals surface area contributed by atoms with Gasteiger partial charge in [-0.25, -0.2) is 8.78 Å². The van der Waals surface area contributed by atoms with E-state index in [9.17, 15) is 23.2 Å². The molecule has 10 heteroatoms. The zero-order valence-corrected chi connectivity index (χ0v) is 17.3. The van der Waals surface area contributed by atoms with Gasteiger partial charge in [-0.2, -0.15) is 16.0 Å². The summed E-state index contributed by atoms with van der Waals surface area (Å²) in [6.45, 7) is 1.59. The summed E-state index contributed by atoms with van der Waals surface area (Å²) in [6.07, 6.45) is 0.210. The maximum absolute atomic E-state index is 14.2. The maximum atomic E-state index is 14.2. The molecule has 0 spiro atoms. The number of rotatable bonds is 7. The summed E-state index contributed by atoms with van der Waals surface area (Å²) < 4.78 is 33.3. The fourth-order valence-corrected chi connectivity index (χ4v) is 5.93. The molecule has 0 saturated carbocycles. The first-order valence-corrected chi connectivity index (χ1v) is 10.9. The number of amides is 1. The van der Waals surface area contributed by atoms with Crippen molar-refractivity contribution in [2.75, 3.05) is 13.7 Å². The lowest BCUT2D eigenvalue weighted by molar-refractivity contribution is -0.123. The van der Waals surface area contributed by atoms with Crippen molar-refractivity contribution in [1.29, 1.82) is 0 Å². The molecule has 3 atom stereocenters. The van der Waals surface area contributed by atoms with Gasteiger partial charge < -0.3 is 10.1 Å². The van der Waals surface area contributed by atoms with E-state index in [1.165, 1.54) is 25.3 Å². The molecule has 0 radical (unpaired) electrons. The summed E-state index contributed by atoms with van der Waals surface area (Å²) in [5, 5.41) is 9.03. The second-order valence-electron chi connectivity index (χ2n) is 6.68. The average Bonchev–Trinajstić information content (AvgIpc) is 2.98. The fourth-order valence-electron chi connectivity index (χ4n) is 3.24. The Balaban J connectivity index is 1.94. The second-order valence-corrected chi connectivity index (χ2v) is 9.00. The number of Topliss-reactive ketones (excluding diaryl/α,β-unsaturated/α-hetero) is 1. The molecule has 3 unspecified atom stereocenters. The number of hydrogen-bond donors (Lipinski definition) is 2. The smallest absolute Gasteiger partial charge is 0.233 e. The first-order valence-electron chi connectivity index (χ1n) is 9.28. The zero-order valence-electron chi connectivity index (χ0n) is 16.4. The van der Waals surface area contributed by atoms with Gasteiger partial charge in [0.15, 0.2) is 10.9 Å². The lowest BCUT2D eigenvalue weighted by atomic mass is 9.99. The summed E-state index contributed by atoms with van der Waals surface area (Å²) in [4.78, 5) is 38.0. The van der Waals surface area contributed by atoms with E-state index in [0.717, 1.165) is 12.1 Å². The van der Waals surface area contributed by atoms with Crippen LogP contribution < -0.4 is 10.1 Å². The van der Waals surface area contributed by atoms with Gasteiger partial charge in [0.05, 0.1) is 18.1 Å². The van der Waals surface area contributed by atoms with E-state index in [1.54, 1.807) is 6.92 Å². The summed E-state index contributed by atoms with van der Waals surface area (Å²) in [5.41, 5.74) is -0.0883. The lowest BCUT2D eigenvalue weighted by Crippen LogP contribution is -2.35. The van der Waals surface area contributed by atoms with E-state index < -0.39 is 44.6 Å². The molecule has 0 bridgehead atoms. The molecular weight excluding hydrogens is 416 g/mol. The summed E-state index contributed by atoms with van der Waals surface area (Å²) in [6, 6.07) is 6.40. The van der Waals surface area contributed by atoms with Gasteiger partial charge in [-0.15, -0.1) is 5.10 Å². The average molecular weight is 437 g/mol. The summed E-state index contributed by atoms with van der Waals surface area (Å²) >= 11 is 0. The van der Waals surface area contributed by atoms with Crippen molar-refractivity contribution >= 4 is 27.7 Å². The number of benzene rings is 1. The van der Waals surface area contributed by atoms with Crippen molar-refractivity contribution in [1.82, 2.24) is 15.5 Å². The van der Waals surface area contributed by atoms with Gasteiger partial charge in [0.1, 0.15) is 17.6 Å². The minimum atomic E-state index is -1.81. The molecule has 1 aromatic carbocycles. The molecule has 160 valence electrons. The number of nitrogens with one attached hydrogen (secondary N) is 1. The number of halogens is 2. The number of carbonyl (C=O) groups is 3. The molecule has 1 aliphatic heterocycles. The maximum Gasteiger partial charge on any atom is 0.233 e. The molecule has 1 saturated heterocycles. The molecule has 7 nitrogen and oxygen atoms in total. The second kappa shape index (κ2) is 9.29. The largest absolute Gasteiger partial charge is 0.480 e.